The van der Waals surface area contributed by atoms with Crippen LogP contribution < -0.4 is 0 Å². The molecule has 0 heteroatoms. The Morgan fingerprint density at radius 2 is 1.76 bits per heavy atom. The lowest BCUT2D eigenvalue weighted by atomic mass is 9.68. The Balaban J connectivity index is 1.76. The number of hydrogen-bond donors (Lipinski definition) is 0. The molecule has 0 unspecified atom stereocenters. The molecule has 17 heavy (non-hydrogen) atoms. The molecule has 1 aliphatic carbocycles. The smallest absolute Gasteiger partial charge is 0.0225 e. The molecular weight excluding hydrogens is 204 g/mol. The third-order valence-corrected chi connectivity index (χ3v) is 3.53. The zero-order chi connectivity index (χ0) is 12.3. The van der Waals surface area contributed by atoms with Gasteiger partial charge in [0.25, 0.3) is 0 Å². The van der Waals surface area contributed by atoms with Crippen LogP contribution in [0.2, 0.25) is 0 Å². The zero-order valence-electron chi connectivity index (χ0n) is 11.3. The van der Waals surface area contributed by atoms with Crippen molar-refractivity contribution in [3.8, 4) is 0 Å². The van der Waals surface area contributed by atoms with Gasteiger partial charge in [-0.05, 0) is 42.1 Å². The molecule has 0 bridgehead atoms. The van der Waals surface area contributed by atoms with Crippen LogP contribution in [-0.2, 0) is 0 Å². The molecule has 1 aromatic carbocycles. The largest absolute Gasteiger partial charge is 0.0808 e. The zero-order valence-corrected chi connectivity index (χ0v) is 11.3. The van der Waals surface area contributed by atoms with Gasteiger partial charge in [0.1, 0.15) is 0 Å². The molecule has 0 N–H and O–H groups in total. The summed E-state index contributed by atoms with van der Waals surface area (Å²) in [5.41, 5.74) is 1.82. The number of hydrogen-bond acceptors (Lipinski definition) is 0. The van der Waals surface area contributed by atoms with Crippen molar-refractivity contribution < 1.29 is 0 Å². The van der Waals surface area contributed by atoms with Crippen LogP contribution in [-0.4, -0.2) is 0 Å². The maximum absolute atomic E-state index is 2.40. The molecule has 0 amide bonds. The van der Waals surface area contributed by atoms with E-state index < -0.39 is 0 Å². The Hall–Kier alpha value is -1.04. The maximum Gasteiger partial charge on any atom is -0.0225 e. The first-order valence-corrected chi connectivity index (χ1v) is 6.76. The minimum absolute atomic E-state index is 0.499. The molecule has 1 saturated carbocycles. The predicted octanol–water partition coefficient (Wildman–Crippen LogP) is 5.16. The predicted molar refractivity (Wildman–Crippen MR) is 75.8 cm³/mol. The molecule has 0 saturated heterocycles. The molecule has 0 aliphatic heterocycles. The van der Waals surface area contributed by atoms with Crippen molar-refractivity contribution >= 4 is 6.08 Å². The lowest BCUT2D eigenvalue weighted by Crippen LogP contribution is -2.26. The second kappa shape index (κ2) is 5.08. The van der Waals surface area contributed by atoms with E-state index in [1.807, 2.05) is 0 Å². The third-order valence-electron chi connectivity index (χ3n) is 3.53. The van der Waals surface area contributed by atoms with Crippen LogP contribution in [0.15, 0.2) is 36.4 Å². The van der Waals surface area contributed by atoms with Gasteiger partial charge >= 0.3 is 0 Å². The molecule has 0 atom stereocenters. The Morgan fingerprint density at radius 3 is 2.35 bits per heavy atom. The van der Waals surface area contributed by atoms with Crippen LogP contribution in [0.25, 0.3) is 6.08 Å². The molecule has 0 nitrogen and oxygen atoms in total. The summed E-state index contributed by atoms with van der Waals surface area (Å²) in [7, 11) is 0. The molecule has 1 aromatic rings. The highest BCUT2D eigenvalue weighted by Gasteiger charge is 2.30. The lowest BCUT2D eigenvalue weighted by Gasteiger charge is -2.37. The van der Waals surface area contributed by atoms with Gasteiger partial charge in [-0.1, -0.05) is 63.3 Å². The number of rotatable bonds is 3. The van der Waals surface area contributed by atoms with E-state index in [0.29, 0.717) is 5.41 Å². The molecule has 0 heterocycles. The van der Waals surface area contributed by atoms with Crippen molar-refractivity contribution in [1.29, 1.82) is 0 Å². The molecule has 1 aliphatic rings. The van der Waals surface area contributed by atoms with Crippen LogP contribution in [0.4, 0.5) is 0 Å². The van der Waals surface area contributed by atoms with Crippen LogP contribution in [0, 0.1) is 17.3 Å². The van der Waals surface area contributed by atoms with Crippen molar-refractivity contribution in [3.05, 3.63) is 42.0 Å². The summed E-state index contributed by atoms with van der Waals surface area (Å²) in [6.07, 6.45) is 8.83. The first-order valence-electron chi connectivity index (χ1n) is 6.76. The molecule has 1 fully saturated rings. The van der Waals surface area contributed by atoms with Crippen molar-refractivity contribution in [1.82, 2.24) is 0 Å². The van der Waals surface area contributed by atoms with E-state index in [2.05, 4.69) is 63.3 Å². The van der Waals surface area contributed by atoms with E-state index in [1.54, 1.807) is 0 Å². The molecule has 92 valence electrons. The Kier molecular flexibility index (Phi) is 3.71. The monoisotopic (exact) mass is 228 g/mol. The lowest BCUT2D eigenvalue weighted by molar-refractivity contribution is 0.165. The van der Waals surface area contributed by atoms with E-state index >= 15 is 0 Å². The fraction of sp³-hybridized carbons (Fsp3) is 0.529. The first-order chi connectivity index (χ1) is 8.03. The van der Waals surface area contributed by atoms with Gasteiger partial charge in [-0.25, -0.2) is 0 Å². The second-order valence-corrected chi connectivity index (χ2v) is 6.63. The van der Waals surface area contributed by atoms with Gasteiger partial charge in [-0.2, -0.15) is 0 Å². The average Bonchev–Trinajstić information content (AvgIpc) is 2.21. The highest BCUT2D eigenvalue weighted by atomic mass is 14.3. The molecule has 0 radical (unpaired) electrons. The van der Waals surface area contributed by atoms with Gasteiger partial charge in [0.2, 0.25) is 0 Å². The summed E-state index contributed by atoms with van der Waals surface area (Å²) >= 11 is 0. The summed E-state index contributed by atoms with van der Waals surface area (Å²) in [5, 5.41) is 0. The van der Waals surface area contributed by atoms with Crippen LogP contribution >= 0.6 is 0 Å². The molecule has 0 spiro atoms. The topological polar surface area (TPSA) is 0 Å². The first kappa shape index (κ1) is 12.4. The SMILES string of the molecule is CC(C)(C)CC1CC(/C=C/c2ccccc2)C1. The van der Waals surface area contributed by atoms with Crippen LogP contribution in [0.3, 0.4) is 0 Å². The Labute approximate surface area is 106 Å². The van der Waals surface area contributed by atoms with Gasteiger partial charge in [0, 0.05) is 0 Å². The van der Waals surface area contributed by atoms with E-state index in [9.17, 15) is 0 Å². The van der Waals surface area contributed by atoms with Crippen molar-refractivity contribution in [2.45, 2.75) is 40.0 Å². The van der Waals surface area contributed by atoms with Gasteiger partial charge < -0.3 is 0 Å². The third kappa shape index (κ3) is 4.03. The number of allylic oxidation sites excluding steroid dienone is 1. The standard InChI is InChI=1S/C17H24/c1-17(2,3)13-16-11-15(12-16)10-9-14-7-5-4-6-8-14/h4-10,15-16H,11-13H2,1-3H3/b10-9+. The summed E-state index contributed by atoms with van der Waals surface area (Å²) in [4.78, 5) is 0. The van der Waals surface area contributed by atoms with E-state index in [4.69, 9.17) is 0 Å². The Morgan fingerprint density at radius 1 is 1.12 bits per heavy atom. The Bertz CT molecular complexity index is 361. The van der Waals surface area contributed by atoms with Crippen molar-refractivity contribution in [3.63, 3.8) is 0 Å². The quantitative estimate of drug-likeness (QED) is 0.670. The van der Waals surface area contributed by atoms with E-state index in [-0.39, 0.29) is 0 Å². The highest BCUT2D eigenvalue weighted by molar-refractivity contribution is 5.49. The summed E-state index contributed by atoms with van der Waals surface area (Å²) in [5.74, 6) is 1.78. The molecule has 2 rings (SSSR count). The normalized spacial score (nSPS) is 24.9. The molecular formula is C17H24. The summed E-state index contributed by atoms with van der Waals surface area (Å²) < 4.78 is 0. The van der Waals surface area contributed by atoms with Gasteiger partial charge in [0.15, 0.2) is 0 Å². The van der Waals surface area contributed by atoms with Gasteiger partial charge in [0.05, 0.1) is 0 Å². The minimum atomic E-state index is 0.499. The molecule has 0 aromatic heterocycles. The maximum atomic E-state index is 2.40. The summed E-state index contributed by atoms with van der Waals surface area (Å²) in [6, 6.07) is 10.6. The van der Waals surface area contributed by atoms with Crippen LogP contribution in [0.5, 0.6) is 0 Å². The highest BCUT2D eigenvalue weighted by Crippen LogP contribution is 2.41. The second-order valence-electron chi connectivity index (χ2n) is 6.63. The average molecular weight is 228 g/mol. The van der Waals surface area contributed by atoms with E-state index in [0.717, 1.165) is 11.8 Å². The fourth-order valence-corrected chi connectivity index (χ4v) is 2.79. The van der Waals surface area contributed by atoms with E-state index in [1.165, 1.54) is 24.8 Å². The summed E-state index contributed by atoms with van der Waals surface area (Å²) in [6.45, 7) is 7.04. The fourth-order valence-electron chi connectivity index (χ4n) is 2.79. The van der Waals surface area contributed by atoms with Crippen molar-refractivity contribution in [2.75, 3.05) is 0 Å². The van der Waals surface area contributed by atoms with Gasteiger partial charge in [-0.15, -0.1) is 0 Å². The minimum Gasteiger partial charge on any atom is -0.0808 e. The van der Waals surface area contributed by atoms with Crippen molar-refractivity contribution in [2.24, 2.45) is 17.3 Å². The van der Waals surface area contributed by atoms with Gasteiger partial charge in [-0.3, -0.25) is 0 Å². The van der Waals surface area contributed by atoms with Crippen LogP contribution in [0.1, 0.15) is 45.6 Å². The number of benzene rings is 1.